The third kappa shape index (κ3) is 5.86. The summed E-state index contributed by atoms with van der Waals surface area (Å²) in [7, 11) is 0.878. The number of hydrogen-bond donors (Lipinski definition) is 1. The van der Waals surface area contributed by atoms with E-state index >= 15 is 0 Å². The van der Waals surface area contributed by atoms with Gasteiger partial charge in [0.05, 0.1) is 36.0 Å². The molecule has 0 saturated carbocycles. The van der Waals surface area contributed by atoms with Crippen LogP contribution >= 0.6 is 0 Å². The number of hydrogen-bond acceptors (Lipinski definition) is 3. The average Bonchev–Trinajstić information content (AvgIpc) is 2.83. The van der Waals surface area contributed by atoms with Crippen LogP contribution in [0.25, 0.3) is 0 Å². The molecule has 214 valence electrons. The molecule has 0 fully saturated rings. The van der Waals surface area contributed by atoms with Gasteiger partial charge in [-0.05, 0) is 66.8 Å². The van der Waals surface area contributed by atoms with Gasteiger partial charge in [0.1, 0.15) is 5.66 Å². The van der Waals surface area contributed by atoms with E-state index in [4.69, 9.17) is 4.74 Å². The van der Waals surface area contributed by atoms with Crippen LogP contribution in [0.4, 0.5) is 54.8 Å². The summed E-state index contributed by atoms with van der Waals surface area (Å²) in [5.74, 6) is 0. The molecule has 0 aliphatic carbocycles. The quantitative estimate of drug-likeness (QED) is 0.384. The molecule has 39 heavy (non-hydrogen) atoms. The Balaban J connectivity index is 2.20. The lowest BCUT2D eigenvalue weighted by Crippen LogP contribution is -2.65. The highest BCUT2D eigenvalue weighted by molar-refractivity contribution is 5.90. The number of fused-ring (bicyclic) bond motifs is 1. The zero-order valence-electron chi connectivity index (χ0n) is 20.3. The zero-order valence-corrected chi connectivity index (χ0v) is 20.3. The molecule has 2 amide bonds. The first kappa shape index (κ1) is 29.9. The van der Waals surface area contributed by atoms with Crippen molar-refractivity contribution in [3.63, 3.8) is 0 Å². The third-order valence-corrected chi connectivity index (χ3v) is 6.50. The number of nitrogens with zero attached hydrogens (tertiary/aromatic N) is 2. The van der Waals surface area contributed by atoms with Crippen LogP contribution in [0.5, 0.6) is 0 Å². The highest BCUT2D eigenvalue weighted by Crippen LogP contribution is 2.45. The molecule has 6 nitrogen and oxygen atoms in total. The number of ether oxygens (including phenoxy) is 1. The van der Waals surface area contributed by atoms with E-state index in [1.54, 1.807) is 0 Å². The van der Waals surface area contributed by atoms with Crippen LogP contribution in [0.1, 0.15) is 47.6 Å². The first-order valence-corrected chi connectivity index (χ1v) is 11.2. The fraction of sp³-hybridized carbons (Fsp3) is 0.417. The molecule has 2 aromatic carbocycles. The van der Waals surface area contributed by atoms with E-state index in [2.05, 4.69) is 0 Å². The molecule has 1 aliphatic rings. The number of carbonyl (C=O) groups excluding carboxylic acids is 1. The Bertz CT molecular complexity index is 1230. The lowest BCUT2D eigenvalue weighted by Gasteiger charge is -2.51. The van der Waals surface area contributed by atoms with Gasteiger partial charge in [0.15, 0.2) is 0 Å². The number of halogens is 9. The summed E-state index contributed by atoms with van der Waals surface area (Å²) in [4.78, 5) is 26.6. The number of amides is 2. The number of carboxylic acid groups (broad SMARTS) is 1. The fourth-order valence-corrected chi connectivity index (χ4v) is 4.70. The average molecular weight is 572 g/mol. The smallest absolute Gasteiger partial charge is 0.416 e. The predicted molar refractivity (Wildman–Crippen MR) is 118 cm³/mol. The second-order valence-corrected chi connectivity index (χ2v) is 8.77. The largest absolute Gasteiger partial charge is 0.465 e. The highest BCUT2D eigenvalue weighted by atomic mass is 19.4. The van der Waals surface area contributed by atoms with E-state index in [1.165, 1.54) is 6.92 Å². The van der Waals surface area contributed by atoms with Crippen LogP contribution in [0.2, 0.25) is 0 Å². The van der Waals surface area contributed by atoms with Gasteiger partial charge in [-0.15, -0.1) is 0 Å². The predicted octanol–water partition coefficient (Wildman–Crippen LogP) is 7.55. The molecule has 1 aliphatic heterocycles. The Kier molecular flexibility index (Phi) is 7.78. The lowest BCUT2D eigenvalue weighted by molar-refractivity contribution is -0.143. The maximum atomic E-state index is 13.4. The van der Waals surface area contributed by atoms with Crippen molar-refractivity contribution in [2.45, 2.75) is 56.9 Å². The lowest BCUT2D eigenvalue weighted by atomic mass is 9.86. The van der Waals surface area contributed by atoms with E-state index < -0.39 is 65.2 Å². The van der Waals surface area contributed by atoms with E-state index in [9.17, 15) is 54.2 Å². The second kappa shape index (κ2) is 10.2. The summed E-state index contributed by atoms with van der Waals surface area (Å²) in [6, 6.07) is 2.96. The van der Waals surface area contributed by atoms with Gasteiger partial charge in [-0.25, -0.2) is 9.59 Å². The number of anilines is 1. The number of benzene rings is 2. The minimum atomic E-state index is -5.18. The van der Waals surface area contributed by atoms with Gasteiger partial charge < -0.3 is 9.84 Å². The van der Waals surface area contributed by atoms with Gasteiger partial charge in [0, 0.05) is 0 Å². The summed E-state index contributed by atoms with van der Waals surface area (Å²) in [6.45, 7) is 0.474. The van der Waals surface area contributed by atoms with Crippen LogP contribution in [0, 0.1) is 0 Å². The molecule has 15 heteroatoms. The minimum Gasteiger partial charge on any atom is -0.465 e. The van der Waals surface area contributed by atoms with Gasteiger partial charge in [-0.3, -0.25) is 9.80 Å². The van der Waals surface area contributed by atoms with Crippen LogP contribution in [0.3, 0.4) is 0 Å². The van der Waals surface area contributed by atoms with Crippen molar-refractivity contribution in [3.05, 3.63) is 64.2 Å². The molecule has 2 aromatic rings. The molecule has 0 saturated heterocycles. The number of aryl methyl sites for hydroxylation is 1. The standard InChI is InChI=1S/C24H21F9N2O4/c1-3-21(7-6-14-10-15(22(25,26)27)4-5-18(14)35(21)19(36)37)34(20(38)39-2)12-13-8-16(23(28,29)30)11-17(9-13)24(31,32)33/h4-5,8-11H,3,6-7,12H2,1-2H3,(H,36,37). The van der Waals surface area contributed by atoms with Gasteiger partial charge in [-0.1, -0.05) is 6.92 Å². The van der Waals surface area contributed by atoms with E-state index in [-0.39, 0.29) is 36.6 Å². The Labute approximate surface area is 215 Å². The van der Waals surface area contributed by atoms with Crippen molar-refractivity contribution in [2.75, 3.05) is 12.0 Å². The molecule has 1 heterocycles. The van der Waals surface area contributed by atoms with Crippen LogP contribution in [-0.2, 0) is 36.2 Å². The van der Waals surface area contributed by atoms with E-state index in [1.807, 2.05) is 0 Å². The Morgan fingerprint density at radius 2 is 1.46 bits per heavy atom. The maximum absolute atomic E-state index is 13.4. The second-order valence-electron chi connectivity index (χ2n) is 8.77. The maximum Gasteiger partial charge on any atom is 0.416 e. The number of carbonyl (C=O) groups is 2. The molecule has 1 unspecified atom stereocenters. The molecule has 0 aromatic heterocycles. The van der Waals surface area contributed by atoms with Crippen LogP contribution < -0.4 is 4.90 Å². The van der Waals surface area contributed by atoms with E-state index in [0.29, 0.717) is 28.0 Å². The SMILES string of the molecule is CCC1(N(Cc2cc(C(F)(F)F)cc(C(F)(F)F)c2)C(=O)OC)CCc2cc(C(F)(F)F)ccc2N1C(=O)O. The molecule has 3 rings (SSSR count). The topological polar surface area (TPSA) is 70.1 Å². The summed E-state index contributed by atoms with van der Waals surface area (Å²) in [6.07, 6.45) is -18.8. The first-order valence-electron chi connectivity index (χ1n) is 11.2. The van der Waals surface area contributed by atoms with Crippen LogP contribution in [-0.4, -0.2) is 35.0 Å². The van der Waals surface area contributed by atoms with Crippen molar-refractivity contribution in [1.29, 1.82) is 0 Å². The Morgan fingerprint density at radius 3 is 1.90 bits per heavy atom. The third-order valence-electron chi connectivity index (χ3n) is 6.50. The minimum absolute atomic E-state index is 0.0282. The summed E-state index contributed by atoms with van der Waals surface area (Å²) < 4.78 is 125. The summed E-state index contributed by atoms with van der Waals surface area (Å²) in [5.41, 5.74) is -7.16. The van der Waals surface area contributed by atoms with Crippen molar-refractivity contribution < 1.29 is 58.9 Å². The first-order chi connectivity index (χ1) is 17.8. The normalized spacial score (nSPS) is 18.0. The van der Waals surface area contributed by atoms with Gasteiger partial charge in [0.2, 0.25) is 0 Å². The van der Waals surface area contributed by atoms with Crippen molar-refractivity contribution in [3.8, 4) is 0 Å². The van der Waals surface area contributed by atoms with Gasteiger partial charge >= 0.3 is 30.7 Å². The molecular weight excluding hydrogens is 551 g/mol. The summed E-state index contributed by atoms with van der Waals surface area (Å²) >= 11 is 0. The van der Waals surface area contributed by atoms with Crippen molar-refractivity contribution in [1.82, 2.24) is 4.90 Å². The number of rotatable bonds is 4. The molecule has 0 bridgehead atoms. The highest BCUT2D eigenvalue weighted by Gasteiger charge is 2.50. The zero-order chi connectivity index (χ0) is 29.6. The van der Waals surface area contributed by atoms with Gasteiger partial charge in [-0.2, -0.15) is 39.5 Å². The van der Waals surface area contributed by atoms with Gasteiger partial charge in [0.25, 0.3) is 0 Å². The molecular formula is C24H21F9N2O4. The molecule has 0 radical (unpaired) electrons. The van der Waals surface area contributed by atoms with E-state index in [0.717, 1.165) is 19.2 Å². The molecule has 1 N–H and O–H groups in total. The number of methoxy groups -OCH3 is 1. The number of alkyl halides is 9. The Hall–Kier alpha value is -3.65. The van der Waals surface area contributed by atoms with Crippen molar-refractivity contribution >= 4 is 17.9 Å². The van der Waals surface area contributed by atoms with Crippen LogP contribution in [0.15, 0.2) is 36.4 Å². The molecule has 1 atom stereocenters. The van der Waals surface area contributed by atoms with Crippen molar-refractivity contribution in [2.24, 2.45) is 0 Å². The Morgan fingerprint density at radius 1 is 0.923 bits per heavy atom. The summed E-state index contributed by atoms with van der Waals surface area (Å²) in [5, 5.41) is 10.1. The monoisotopic (exact) mass is 572 g/mol. The fourth-order valence-electron chi connectivity index (χ4n) is 4.70. The molecule has 0 spiro atoms.